The molecule has 1 unspecified atom stereocenters. The summed E-state index contributed by atoms with van der Waals surface area (Å²) in [6.07, 6.45) is 6.18. The van der Waals surface area contributed by atoms with Crippen molar-refractivity contribution in [2.24, 2.45) is 5.92 Å². The summed E-state index contributed by atoms with van der Waals surface area (Å²) in [7, 11) is 0. The molecule has 14 heavy (non-hydrogen) atoms. The Balaban J connectivity index is 2.00. The lowest BCUT2D eigenvalue weighted by Gasteiger charge is -2.24. The summed E-state index contributed by atoms with van der Waals surface area (Å²) >= 11 is 1.94. The molecule has 0 spiro atoms. The number of hydrogen-bond donors (Lipinski definition) is 2. The summed E-state index contributed by atoms with van der Waals surface area (Å²) < 4.78 is 0. The second kappa shape index (κ2) is 7.55. The van der Waals surface area contributed by atoms with E-state index in [1.54, 1.807) is 0 Å². The molecule has 0 aromatic carbocycles. The molecule has 0 bridgehead atoms. The van der Waals surface area contributed by atoms with Crippen molar-refractivity contribution in [3.63, 3.8) is 0 Å². The Kier molecular flexibility index (Phi) is 6.65. The van der Waals surface area contributed by atoms with Gasteiger partial charge in [0.15, 0.2) is 0 Å². The Morgan fingerprint density at radius 2 is 2.14 bits per heavy atom. The van der Waals surface area contributed by atoms with Gasteiger partial charge in [-0.25, -0.2) is 0 Å². The van der Waals surface area contributed by atoms with Gasteiger partial charge in [0.1, 0.15) is 0 Å². The van der Waals surface area contributed by atoms with Crippen LogP contribution in [0.3, 0.4) is 0 Å². The van der Waals surface area contributed by atoms with Crippen LogP contribution in [0.5, 0.6) is 0 Å². The number of hydrogen-bond acceptors (Lipinski definition) is 3. The lowest BCUT2D eigenvalue weighted by Crippen LogP contribution is -2.37. The van der Waals surface area contributed by atoms with E-state index < -0.39 is 0 Å². The van der Waals surface area contributed by atoms with Crippen LogP contribution < -0.4 is 10.6 Å². The average Bonchev–Trinajstić information content (AvgIpc) is 2.25. The highest BCUT2D eigenvalue weighted by Gasteiger charge is 2.13. The highest BCUT2D eigenvalue weighted by Crippen LogP contribution is 2.10. The summed E-state index contributed by atoms with van der Waals surface area (Å²) in [5, 5.41) is 7.05. The Morgan fingerprint density at radius 3 is 2.79 bits per heavy atom. The Morgan fingerprint density at radius 1 is 1.43 bits per heavy atom. The number of thioether (sulfide) groups is 1. The predicted molar refractivity (Wildman–Crippen MR) is 66.1 cm³/mol. The zero-order chi connectivity index (χ0) is 10.2. The fourth-order valence-electron chi connectivity index (χ4n) is 1.85. The van der Waals surface area contributed by atoms with Crippen LogP contribution in [0.15, 0.2) is 0 Å². The van der Waals surface area contributed by atoms with Crippen molar-refractivity contribution in [2.45, 2.75) is 32.2 Å². The second-order valence-corrected chi connectivity index (χ2v) is 5.27. The van der Waals surface area contributed by atoms with Crippen LogP contribution in [-0.2, 0) is 0 Å². The Bertz CT molecular complexity index is 135. The van der Waals surface area contributed by atoms with Gasteiger partial charge >= 0.3 is 0 Å². The quantitative estimate of drug-likeness (QED) is 0.707. The van der Waals surface area contributed by atoms with Crippen molar-refractivity contribution >= 4 is 11.8 Å². The van der Waals surface area contributed by atoms with Crippen molar-refractivity contribution in [2.75, 3.05) is 31.6 Å². The smallest absolute Gasteiger partial charge is 0.00466 e. The van der Waals surface area contributed by atoms with Gasteiger partial charge in [-0.3, -0.25) is 0 Å². The molecule has 0 radical (unpaired) electrons. The summed E-state index contributed by atoms with van der Waals surface area (Å²) in [5.74, 6) is 2.19. The van der Waals surface area contributed by atoms with Gasteiger partial charge in [0, 0.05) is 6.04 Å². The minimum atomic E-state index is 0.692. The van der Waals surface area contributed by atoms with Crippen LogP contribution in [0.25, 0.3) is 0 Å². The molecule has 1 atom stereocenters. The van der Waals surface area contributed by atoms with Crippen molar-refractivity contribution in [1.29, 1.82) is 0 Å². The molecule has 1 saturated heterocycles. The van der Waals surface area contributed by atoms with Gasteiger partial charge in [-0.2, -0.15) is 11.8 Å². The zero-order valence-corrected chi connectivity index (χ0v) is 10.3. The minimum Gasteiger partial charge on any atom is -0.317 e. The maximum atomic E-state index is 3.65. The van der Waals surface area contributed by atoms with Crippen LogP contribution in [0, 0.1) is 5.92 Å². The number of rotatable bonds is 6. The van der Waals surface area contributed by atoms with Crippen molar-refractivity contribution in [3.05, 3.63) is 0 Å². The average molecular weight is 216 g/mol. The fourth-order valence-corrected chi connectivity index (χ4v) is 2.44. The first-order valence-corrected chi connectivity index (χ1v) is 7.15. The molecule has 0 saturated carbocycles. The number of piperidine rings is 1. The predicted octanol–water partition coefficient (Wildman–Crippen LogP) is 1.72. The van der Waals surface area contributed by atoms with E-state index in [0.717, 1.165) is 5.92 Å². The minimum absolute atomic E-state index is 0.692. The molecule has 0 aromatic rings. The summed E-state index contributed by atoms with van der Waals surface area (Å²) in [6, 6.07) is 0.692. The summed E-state index contributed by atoms with van der Waals surface area (Å²) in [4.78, 5) is 0. The van der Waals surface area contributed by atoms with Crippen molar-refractivity contribution < 1.29 is 0 Å². The van der Waals surface area contributed by atoms with E-state index >= 15 is 0 Å². The molecule has 1 rings (SSSR count). The standard InChI is InChI=1S/C11H24N2S/c1-10(5-8-14-2)13-9-11-3-6-12-7-4-11/h10-13H,3-9H2,1-2H3. The first-order valence-electron chi connectivity index (χ1n) is 5.76. The van der Waals surface area contributed by atoms with Gasteiger partial charge in [0.05, 0.1) is 0 Å². The zero-order valence-electron chi connectivity index (χ0n) is 9.51. The molecule has 0 aromatic heterocycles. The van der Waals surface area contributed by atoms with E-state index in [1.807, 2.05) is 11.8 Å². The van der Waals surface area contributed by atoms with Gasteiger partial charge < -0.3 is 10.6 Å². The molecular weight excluding hydrogens is 192 g/mol. The van der Waals surface area contributed by atoms with Gasteiger partial charge in [-0.1, -0.05) is 0 Å². The third-order valence-electron chi connectivity index (χ3n) is 2.97. The largest absolute Gasteiger partial charge is 0.317 e. The molecule has 0 aliphatic carbocycles. The summed E-state index contributed by atoms with van der Waals surface area (Å²) in [6.45, 7) is 5.95. The summed E-state index contributed by atoms with van der Waals surface area (Å²) in [5.41, 5.74) is 0. The van der Waals surface area contributed by atoms with E-state index in [4.69, 9.17) is 0 Å². The Labute approximate surface area is 92.6 Å². The number of nitrogens with one attached hydrogen (secondary N) is 2. The monoisotopic (exact) mass is 216 g/mol. The fraction of sp³-hybridized carbons (Fsp3) is 1.00. The highest BCUT2D eigenvalue weighted by atomic mass is 32.2. The second-order valence-electron chi connectivity index (χ2n) is 4.28. The molecular formula is C11H24N2S. The molecule has 1 fully saturated rings. The molecule has 1 aliphatic heterocycles. The van der Waals surface area contributed by atoms with Crippen LogP contribution in [0.2, 0.25) is 0 Å². The first-order chi connectivity index (χ1) is 6.83. The maximum absolute atomic E-state index is 3.65. The van der Waals surface area contributed by atoms with E-state index in [2.05, 4.69) is 23.8 Å². The third kappa shape index (κ3) is 5.23. The topological polar surface area (TPSA) is 24.1 Å². The molecule has 84 valence electrons. The lowest BCUT2D eigenvalue weighted by molar-refractivity contribution is 0.342. The molecule has 0 amide bonds. The van der Waals surface area contributed by atoms with Gasteiger partial charge in [0.2, 0.25) is 0 Å². The molecule has 1 aliphatic rings. The molecule has 2 nitrogen and oxygen atoms in total. The normalized spacial score (nSPS) is 21.0. The van der Waals surface area contributed by atoms with Gasteiger partial charge in [0.25, 0.3) is 0 Å². The molecule has 3 heteroatoms. The Hall–Kier alpha value is 0.270. The van der Waals surface area contributed by atoms with Crippen molar-refractivity contribution in [1.82, 2.24) is 10.6 Å². The first kappa shape index (κ1) is 12.3. The van der Waals surface area contributed by atoms with Gasteiger partial charge in [-0.05, 0) is 63.7 Å². The highest BCUT2D eigenvalue weighted by molar-refractivity contribution is 7.98. The van der Waals surface area contributed by atoms with E-state index in [0.29, 0.717) is 6.04 Å². The van der Waals surface area contributed by atoms with Crippen LogP contribution in [0.4, 0.5) is 0 Å². The lowest BCUT2D eigenvalue weighted by atomic mass is 9.98. The third-order valence-corrected chi connectivity index (χ3v) is 3.61. The van der Waals surface area contributed by atoms with Crippen molar-refractivity contribution in [3.8, 4) is 0 Å². The van der Waals surface area contributed by atoms with E-state index in [1.165, 1.54) is 44.6 Å². The van der Waals surface area contributed by atoms with Crippen LogP contribution in [-0.4, -0.2) is 37.7 Å². The molecule has 1 heterocycles. The maximum Gasteiger partial charge on any atom is 0.00466 e. The van der Waals surface area contributed by atoms with Gasteiger partial charge in [-0.15, -0.1) is 0 Å². The van der Waals surface area contributed by atoms with E-state index in [-0.39, 0.29) is 0 Å². The van der Waals surface area contributed by atoms with Crippen LogP contribution >= 0.6 is 11.8 Å². The van der Waals surface area contributed by atoms with E-state index in [9.17, 15) is 0 Å². The SMILES string of the molecule is CSCCC(C)NCC1CCNCC1. The molecule has 2 N–H and O–H groups in total. The van der Waals surface area contributed by atoms with Crippen LogP contribution in [0.1, 0.15) is 26.2 Å².